The van der Waals surface area contributed by atoms with Crippen molar-refractivity contribution >= 4 is 17.0 Å². The van der Waals surface area contributed by atoms with Gasteiger partial charge in [-0.15, -0.1) is 0 Å². The normalized spacial score (nSPS) is 46.8. The van der Waals surface area contributed by atoms with Crippen molar-refractivity contribution in [2.24, 2.45) is 46.8 Å². The third-order valence-electron chi connectivity index (χ3n) is 10.2. The second-order valence-corrected chi connectivity index (χ2v) is 13.6. The van der Waals surface area contributed by atoms with Crippen LogP contribution < -0.4 is 0 Å². The molecule has 5 rings (SSSR count). The maximum absolute atomic E-state index is 13.5. The molecule has 6 heteroatoms. The smallest absolute Gasteiger partial charge is 0.190 e. The molecule has 5 nitrogen and oxygen atoms in total. The Kier molecular flexibility index (Phi) is 5.82. The third-order valence-corrected chi connectivity index (χ3v) is 11.1. The first-order valence-electron chi connectivity index (χ1n) is 12.7. The zero-order chi connectivity index (χ0) is 22.8. The lowest BCUT2D eigenvalue weighted by Crippen LogP contribution is -2.51. The van der Waals surface area contributed by atoms with Gasteiger partial charge in [0.2, 0.25) is 0 Å². The lowest BCUT2D eigenvalue weighted by molar-refractivity contribution is -0.133. The van der Waals surface area contributed by atoms with Gasteiger partial charge in [0, 0.05) is 5.92 Å². The minimum atomic E-state index is -1.07. The average Bonchev–Trinajstić information content (AvgIpc) is 3.29. The molecule has 1 N–H and O–H groups in total. The summed E-state index contributed by atoms with van der Waals surface area (Å²) in [7, 11) is 0. The molecule has 0 saturated heterocycles. The van der Waals surface area contributed by atoms with Gasteiger partial charge in [-0.2, -0.15) is 5.10 Å². The molecule has 4 aliphatic carbocycles. The molecule has 0 radical (unpaired) electrons. The molecule has 3 unspecified atom stereocenters. The maximum atomic E-state index is 13.5. The number of ketones is 1. The minimum absolute atomic E-state index is 0.0915. The van der Waals surface area contributed by atoms with Crippen LogP contribution in [0.1, 0.15) is 72.1 Å². The van der Waals surface area contributed by atoms with Crippen molar-refractivity contribution in [2.75, 3.05) is 6.26 Å². The SMILES string of the molecule is C[C@@H]1C[C@H](C(=O)Cn2cc([S+](C)[O-])cn2)[C@@]2(C)CC[C@@H]3C4CC[C@@](C)(O)CC4CC[C@H]3[C@H]12. The van der Waals surface area contributed by atoms with E-state index in [0.717, 1.165) is 43.4 Å². The van der Waals surface area contributed by atoms with E-state index in [-0.39, 0.29) is 11.3 Å². The van der Waals surface area contributed by atoms with Gasteiger partial charge in [0.15, 0.2) is 10.7 Å². The maximum Gasteiger partial charge on any atom is 0.190 e. The van der Waals surface area contributed by atoms with Gasteiger partial charge in [-0.1, -0.05) is 13.8 Å². The van der Waals surface area contributed by atoms with Crippen molar-refractivity contribution in [1.29, 1.82) is 0 Å². The topological polar surface area (TPSA) is 78.2 Å². The van der Waals surface area contributed by atoms with Crippen LogP contribution in [0.5, 0.6) is 0 Å². The Hall–Kier alpha value is -0.850. The van der Waals surface area contributed by atoms with Gasteiger partial charge >= 0.3 is 0 Å². The molecular formula is C26H40N2O3S. The number of nitrogens with zero attached hydrogens (tertiary/aromatic N) is 2. The van der Waals surface area contributed by atoms with E-state index in [2.05, 4.69) is 18.9 Å². The highest BCUT2D eigenvalue weighted by molar-refractivity contribution is 7.90. The molecule has 0 aliphatic heterocycles. The summed E-state index contributed by atoms with van der Waals surface area (Å²) in [5, 5.41) is 14.9. The molecule has 0 spiro atoms. The average molecular weight is 461 g/mol. The molecule has 4 fully saturated rings. The summed E-state index contributed by atoms with van der Waals surface area (Å²) in [5.41, 5.74) is -0.375. The summed E-state index contributed by atoms with van der Waals surface area (Å²) < 4.78 is 13.4. The molecule has 0 amide bonds. The number of carbonyl (C=O) groups is 1. The summed E-state index contributed by atoms with van der Waals surface area (Å²) in [4.78, 5) is 14.2. The van der Waals surface area contributed by atoms with Gasteiger partial charge in [-0.05, 0) is 110 Å². The number of rotatable bonds is 4. The van der Waals surface area contributed by atoms with Crippen LogP contribution in [0.4, 0.5) is 0 Å². The van der Waals surface area contributed by atoms with Crippen molar-refractivity contribution < 1.29 is 14.5 Å². The van der Waals surface area contributed by atoms with Crippen molar-refractivity contribution in [3.8, 4) is 0 Å². The molecule has 32 heavy (non-hydrogen) atoms. The number of hydrogen-bond donors (Lipinski definition) is 1. The van der Waals surface area contributed by atoms with Crippen LogP contribution in [-0.2, 0) is 22.5 Å². The molecule has 0 bridgehead atoms. The van der Waals surface area contributed by atoms with E-state index in [1.807, 2.05) is 6.92 Å². The number of hydrogen-bond acceptors (Lipinski definition) is 4. The quantitative estimate of drug-likeness (QED) is 0.673. The summed E-state index contributed by atoms with van der Waals surface area (Å²) in [6.07, 6.45) is 14.1. The Morgan fingerprint density at radius 3 is 2.69 bits per heavy atom. The standard InChI is InChI=1S/C26H40N2O3S/c1-16-11-22(23(29)15-28-14-18(13-27-28)32(4)31)26(3)10-8-20-19-7-9-25(2,30)12-17(19)5-6-21(20)24(16)26/h13-14,16-17,19-22,24,30H,5-12,15H2,1-4H3/t16-,17?,19?,20-,21-,22-,24+,25-,26-,32?/m1/s1. The highest BCUT2D eigenvalue weighted by atomic mass is 32.2. The third kappa shape index (κ3) is 3.78. The van der Waals surface area contributed by atoms with Crippen LogP contribution >= 0.6 is 0 Å². The molecule has 178 valence electrons. The van der Waals surface area contributed by atoms with Crippen LogP contribution in [0.2, 0.25) is 0 Å². The van der Waals surface area contributed by atoms with Gasteiger partial charge in [0.05, 0.1) is 18.3 Å². The number of carbonyl (C=O) groups excluding carboxylic acids is 1. The molecule has 4 aliphatic rings. The van der Waals surface area contributed by atoms with E-state index < -0.39 is 16.8 Å². The fourth-order valence-corrected chi connectivity index (χ4v) is 9.44. The summed E-state index contributed by atoms with van der Waals surface area (Å²) in [6, 6.07) is 0. The zero-order valence-corrected chi connectivity index (χ0v) is 20.9. The Bertz CT molecular complexity index is 867. The first-order valence-corrected chi connectivity index (χ1v) is 14.3. The molecule has 10 atom stereocenters. The summed E-state index contributed by atoms with van der Waals surface area (Å²) >= 11 is -1.07. The first-order chi connectivity index (χ1) is 15.1. The number of aliphatic hydroxyl groups is 1. The molecule has 1 heterocycles. The Morgan fingerprint density at radius 1 is 1.22 bits per heavy atom. The fraction of sp³-hybridized carbons (Fsp3) is 0.846. The van der Waals surface area contributed by atoms with Gasteiger partial charge in [-0.3, -0.25) is 9.48 Å². The van der Waals surface area contributed by atoms with E-state index in [1.54, 1.807) is 23.3 Å². The van der Waals surface area contributed by atoms with Crippen LogP contribution in [0.3, 0.4) is 0 Å². The predicted molar refractivity (Wildman–Crippen MR) is 125 cm³/mol. The predicted octanol–water partition coefficient (Wildman–Crippen LogP) is 4.46. The lowest BCUT2D eigenvalue weighted by Gasteiger charge is -2.57. The monoisotopic (exact) mass is 460 g/mol. The lowest BCUT2D eigenvalue weighted by atomic mass is 9.48. The van der Waals surface area contributed by atoms with Crippen LogP contribution in [0.25, 0.3) is 0 Å². The molecule has 1 aromatic heterocycles. The summed E-state index contributed by atoms with van der Waals surface area (Å²) in [6.45, 7) is 7.13. The highest BCUT2D eigenvalue weighted by Gasteiger charge is 2.61. The van der Waals surface area contributed by atoms with E-state index in [4.69, 9.17) is 0 Å². The Labute approximate surface area is 195 Å². The van der Waals surface area contributed by atoms with Gasteiger partial charge in [-0.25, -0.2) is 0 Å². The van der Waals surface area contributed by atoms with E-state index in [0.29, 0.717) is 35.0 Å². The number of aromatic nitrogens is 2. The largest absolute Gasteiger partial charge is 0.612 e. The Balaban J connectivity index is 1.33. The number of fused-ring (bicyclic) bond motifs is 5. The van der Waals surface area contributed by atoms with Gasteiger partial charge < -0.3 is 9.66 Å². The molecule has 4 saturated carbocycles. The van der Waals surface area contributed by atoms with Gasteiger partial charge in [0.1, 0.15) is 12.5 Å². The van der Waals surface area contributed by atoms with Gasteiger partial charge in [0.25, 0.3) is 0 Å². The van der Waals surface area contributed by atoms with Crippen LogP contribution in [0.15, 0.2) is 17.3 Å². The minimum Gasteiger partial charge on any atom is -0.612 e. The van der Waals surface area contributed by atoms with Crippen molar-refractivity contribution in [2.45, 2.75) is 89.2 Å². The van der Waals surface area contributed by atoms with Crippen molar-refractivity contribution in [3.05, 3.63) is 12.4 Å². The summed E-state index contributed by atoms with van der Waals surface area (Å²) in [5.74, 6) is 4.62. The second kappa shape index (κ2) is 8.13. The van der Waals surface area contributed by atoms with E-state index in [1.165, 1.54) is 25.7 Å². The highest BCUT2D eigenvalue weighted by Crippen LogP contribution is 2.66. The van der Waals surface area contributed by atoms with E-state index in [9.17, 15) is 14.5 Å². The number of Topliss-reactive ketones (excluding diaryl/α,β-unsaturated/α-hetero) is 1. The van der Waals surface area contributed by atoms with E-state index >= 15 is 0 Å². The van der Waals surface area contributed by atoms with Crippen LogP contribution in [-0.4, -0.2) is 37.1 Å². The van der Waals surface area contributed by atoms with Crippen LogP contribution in [0, 0.1) is 46.8 Å². The molecule has 1 aromatic rings. The van der Waals surface area contributed by atoms with Crippen molar-refractivity contribution in [3.63, 3.8) is 0 Å². The first kappa shape index (κ1) is 22.9. The fourth-order valence-electron chi connectivity index (χ4n) is 8.97. The second-order valence-electron chi connectivity index (χ2n) is 12.2. The van der Waals surface area contributed by atoms with Crippen molar-refractivity contribution in [1.82, 2.24) is 9.78 Å². The zero-order valence-electron chi connectivity index (χ0n) is 20.1. The molecular weight excluding hydrogens is 420 g/mol. The Morgan fingerprint density at radius 2 is 1.97 bits per heavy atom. The molecule has 0 aromatic carbocycles.